The molecular weight excluding hydrogens is 260 g/mol. The predicted octanol–water partition coefficient (Wildman–Crippen LogP) is 1.10. The molecule has 0 spiro atoms. The van der Waals surface area contributed by atoms with E-state index < -0.39 is 18.4 Å². The van der Waals surface area contributed by atoms with Crippen LogP contribution < -0.4 is 10.6 Å². The van der Waals surface area contributed by atoms with Crippen molar-refractivity contribution in [3.05, 3.63) is 29.8 Å². The molecule has 2 rings (SSSR count). The summed E-state index contributed by atoms with van der Waals surface area (Å²) < 4.78 is 0. The number of rotatable bonds is 5. The standard InChI is InChI=1S/C14H16N2O4/c1-8-6-11(8)14(20)16-10-4-2-9(3-5-10)13(19)15-7-12(17)18/h2-5,8,11H,6-7H2,1H3,(H,15,19)(H,16,20)(H,17,18). The summed E-state index contributed by atoms with van der Waals surface area (Å²) in [6.07, 6.45) is 0.918. The Morgan fingerprint density at radius 3 is 2.35 bits per heavy atom. The maximum absolute atomic E-state index is 11.7. The third-order valence-corrected chi connectivity index (χ3v) is 3.26. The highest BCUT2D eigenvalue weighted by Gasteiger charge is 2.38. The summed E-state index contributed by atoms with van der Waals surface area (Å²) in [6.45, 7) is 1.61. The second kappa shape index (κ2) is 5.73. The van der Waals surface area contributed by atoms with Gasteiger partial charge >= 0.3 is 5.97 Å². The molecule has 2 unspecified atom stereocenters. The van der Waals surface area contributed by atoms with Crippen molar-refractivity contribution in [3.8, 4) is 0 Å². The summed E-state index contributed by atoms with van der Waals surface area (Å²) in [5.41, 5.74) is 0.980. The van der Waals surface area contributed by atoms with Crippen LogP contribution in [0.5, 0.6) is 0 Å². The number of anilines is 1. The number of carbonyl (C=O) groups is 3. The van der Waals surface area contributed by atoms with E-state index in [1.165, 1.54) is 0 Å². The number of carboxylic acids is 1. The average Bonchev–Trinajstić information content (AvgIpc) is 3.14. The molecule has 1 aliphatic carbocycles. The van der Waals surface area contributed by atoms with Gasteiger partial charge in [0.05, 0.1) is 0 Å². The lowest BCUT2D eigenvalue weighted by Crippen LogP contribution is -2.29. The topological polar surface area (TPSA) is 95.5 Å². The van der Waals surface area contributed by atoms with Crippen LogP contribution >= 0.6 is 0 Å². The van der Waals surface area contributed by atoms with Gasteiger partial charge in [-0.25, -0.2) is 0 Å². The summed E-state index contributed by atoms with van der Waals surface area (Å²) in [4.78, 5) is 33.7. The number of carbonyl (C=O) groups excluding carboxylic acids is 2. The predicted molar refractivity (Wildman–Crippen MR) is 72.3 cm³/mol. The molecule has 1 fully saturated rings. The summed E-state index contributed by atoms with van der Waals surface area (Å²) in [7, 11) is 0. The second-order valence-corrected chi connectivity index (χ2v) is 4.96. The summed E-state index contributed by atoms with van der Waals surface area (Å²) >= 11 is 0. The number of amides is 2. The number of carboxylic acid groups (broad SMARTS) is 1. The lowest BCUT2D eigenvalue weighted by molar-refractivity contribution is -0.135. The molecule has 6 nitrogen and oxygen atoms in total. The first kappa shape index (κ1) is 14.0. The number of nitrogens with one attached hydrogen (secondary N) is 2. The number of aliphatic carboxylic acids is 1. The number of hydrogen-bond acceptors (Lipinski definition) is 3. The smallest absolute Gasteiger partial charge is 0.322 e. The maximum Gasteiger partial charge on any atom is 0.322 e. The third kappa shape index (κ3) is 3.57. The SMILES string of the molecule is CC1CC1C(=O)Nc1ccc(C(=O)NCC(=O)O)cc1. The van der Waals surface area contributed by atoms with Gasteiger partial charge in [-0.15, -0.1) is 0 Å². The van der Waals surface area contributed by atoms with E-state index in [1.54, 1.807) is 24.3 Å². The Bertz CT molecular complexity index is 539. The molecule has 106 valence electrons. The minimum atomic E-state index is -1.10. The van der Waals surface area contributed by atoms with E-state index in [2.05, 4.69) is 10.6 Å². The molecule has 1 aliphatic rings. The van der Waals surface area contributed by atoms with Crippen LogP contribution in [0.25, 0.3) is 0 Å². The Labute approximate surface area is 116 Å². The summed E-state index contributed by atoms with van der Waals surface area (Å²) in [5.74, 6) is -1.02. The van der Waals surface area contributed by atoms with Gasteiger partial charge in [-0.2, -0.15) is 0 Å². The minimum absolute atomic E-state index is 0.000536. The molecule has 1 aromatic carbocycles. The molecule has 20 heavy (non-hydrogen) atoms. The van der Waals surface area contributed by atoms with Crippen molar-refractivity contribution in [2.24, 2.45) is 11.8 Å². The highest BCUT2D eigenvalue weighted by Crippen LogP contribution is 2.38. The van der Waals surface area contributed by atoms with Crippen molar-refractivity contribution >= 4 is 23.5 Å². The summed E-state index contributed by atoms with van der Waals surface area (Å²) in [5, 5.41) is 13.5. The van der Waals surface area contributed by atoms with Gasteiger partial charge in [0.25, 0.3) is 5.91 Å². The molecule has 0 bridgehead atoms. The van der Waals surface area contributed by atoms with E-state index in [9.17, 15) is 14.4 Å². The minimum Gasteiger partial charge on any atom is -0.480 e. The van der Waals surface area contributed by atoms with Crippen LogP contribution in [0, 0.1) is 11.8 Å². The van der Waals surface area contributed by atoms with E-state index in [0.717, 1.165) is 6.42 Å². The zero-order valence-electron chi connectivity index (χ0n) is 11.1. The van der Waals surface area contributed by atoms with Crippen LogP contribution in [0.2, 0.25) is 0 Å². The van der Waals surface area contributed by atoms with Crippen LogP contribution in [0.15, 0.2) is 24.3 Å². The van der Waals surface area contributed by atoms with Crippen molar-refractivity contribution < 1.29 is 19.5 Å². The first-order valence-electron chi connectivity index (χ1n) is 6.38. The van der Waals surface area contributed by atoms with Crippen molar-refractivity contribution in [2.75, 3.05) is 11.9 Å². The molecule has 0 saturated heterocycles. The highest BCUT2D eigenvalue weighted by atomic mass is 16.4. The van der Waals surface area contributed by atoms with Gasteiger partial charge in [-0.05, 0) is 36.6 Å². The van der Waals surface area contributed by atoms with Crippen LogP contribution in [0.1, 0.15) is 23.7 Å². The van der Waals surface area contributed by atoms with Gasteiger partial charge in [-0.3, -0.25) is 14.4 Å². The molecule has 6 heteroatoms. The Morgan fingerprint density at radius 2 is 1.85 bits per heavy atom. The van der Waals surface area contributed by atoms with E-state index >= 15 is 0 Å². The Kier molecular flexibility index (Phi) is 4.02. The van der Waals surface area contributed by atoms with Gasteiger partial charge in [0, 0.05) is 17.2 Å². The Balaban J connectivity index is 1.90. The van der Waals surface area contributed by atoms with Gasteiger partial charge in [0.1, 0.15) is 6.54 Å². The van der Waals surface area contributed by atoms with Gasteiger partial charge in [-0.1, -0.05) is 6.92 Å². The van der Waals surface area contributed by atoms with Crippen molar-refractivity contribution in [1.29, 1.82) is 0 Å². The van der Waals surface area contributed by atoms with E-state index in [4.69, 9.17) is 5.11 Å². The van der Waals surface area contributed by atoms with Crippen LogP contribution in [0.4, 0.5) is 5.69 Å². The Morgan fingerprint density at radius 1 is 1.25 bits per heavy atom. The molecule has 1 aromatic rings. The number of hydrogen-bond donors (Lipinski definition) is 3. The largest absolute Gasteiger partial charge is 0.480 e. The van der Waals surface area contributed by atoms with E-state index in [0.29, 0.717) is 17.2 Å². The molecule has 3 N–H and O–H groups in total. The fourth-order valence-electron chi connectivity index (χ4n) is 1.89. The van der Waals surface area contributed by atoms with Crippen LogP contribution in [0.3, 0.4) is 0 Å². The normalized spacial score (nSPS) is 20.1. The molecule has 1 saturated carbocycles. The van der Waals surface area contributed by atoms with Crippen molar-refractivity contribution in [3.63, 3.8) is 0 Å². The quantitative estimate of drug-likeness (QED) is 0.750. The van der Waals surface area contributed by atoms with E-state index in [1.807, 2.05) is 6.92 Å². The molecule has 0 heterocycles. The zero-order chi connectivity index (χ0) is 14.7. The molecule has 2 atom stereocenters. The monoisotopic (exact) mass is 276 g/mol. The van der Waals surface area contributed by atoms with Gasteiger partial charge in [0.2, 0.25) is 5.91 Å². The maximum atomic E-state index is 11.7. The third-order valence-electron chi connectivity index (χ3n) is 3.26. The molecule has 0 radical (unpaired) electrons. The molecule has 0 aromatic heterocycles. The fourth-order valence-corrected chi connectivity index (χ4v) is 1.89. The van der Waals surface area contributed by atoms with Gasteiger partial charge in [0.15, 0.2) is 0 Å². The second-order valence-electron chi connectivity index (χ2n) is 4.96. The molecular formula is C14H16N2O4. The average molecular weight is 276 g/mol. The number of benzene rings is 1. The molecule has 2 amide bonds. The lowest BCUT2D eigenvalue weighted by Gasteiger charge is -2.06. The van der Waals surface area contributed by atoms with Crippen LogP contribution in [-0.4, -0.2) is 29.4 Å². The highest BCUT2D eigenvalue weighted by molar-refractivity contribution is 5.97. The Hall–Kier alpha value is -2.37. The lowest BCUT2D eigenvalue weighted by atomic mass is 10.2. The van der Waals surface area contributed by atoms with Crippen LogP contribution in [-0.2, 0) is 9.59 Å². The first-order valence-corrected chi connectivity index (χ1v) is 6.38. The summed E-state index contributed by atoms with van der Waals surface area (Å²) in [6, 6.07) is 6.34. The first-order chi connectivity index (χ1) is 9.47. The van der Waals surface area contributed by atoms with Crippen molar-refractivity contribution in [1.82, 2.24) is 5.32 Å². The van der Waals surface area contributed by atoms with Gasteiger partial charge < -0.3 is 15.7 Å². The van der Waals surface area contributed by atoms with Crippen molar-refractivity contribution in [2.45, 2.75) is 13.3 Å². The zero-order valence-corrected chi connectivity index (χ0v) is 11.1. The fraction of sp³-hybridized carbons (Fsp3) is 0.357. The molecule has 0 aliphatic heterocycles. The van der Waals surface area contributed by atoms with E-state index in [-0.39, 0.29) is 11.8 Å².